The molecule has 2 aliphatic rings. The maximum absolute atomic E-state index is 12.5. The summed E-state index contributed by atoms with van der Waals surface area (Å²) in [4.78, 5) is 28.9. The summed E-state index contributed by atoms with van der Waals surface area (Å²) in [6.45, 7) is 5.23. The van der Waals surface area contributed by atoms with E-state index in [-0.39, 0.29) is 24.3 Å². The number of anilines is 1. The van der Waals surface area contributed by atoms with Crippen molar-refractivity contribution in [1.82, 2.24) is 10.2 Å². The highest BCUT2D eigenvalue weighted by Gasteiger charge is 2.31. The highest BCUT2D eigenvalue weighted by Crippen LogP contribution is 2.33. The zero-order valence-corrected chi connectivity index (χ0v) is 18.5. The van der Waals surface area contributed by atoms with E-state index in [0.717, 1.165) is 38.0 Å². The molecular formula is C25H31N3O4. The number of aliphatic hydroxyl groups is 1. The number of hydrogen-bond donors (Lipinski definition) is 2. The predicted octanol–water partition coefficient (Wildman–Crippen LogP) is 2.46. The van der Waals surface area contributed by atoms with Gasteiger partial charge in [-0.05, 0) is 43.0 Å². The normalized spacial score (nSPS) is 19.4. The smallest absolute Gasteiger partial charge is 0.267 e. The van der Waals surface area contributed by atoms with Crippen LogP contribution in [-0.2, 0) is 22.7 Å². The number of amides is 2. The van der Waals surface area contributed by atoms with Gasteiger partial charge in [-0.2, -0.15) is 0 Å². The Morgan fingerprint density at radius 2 is 1.78 bits per heavy atom. The zero-order chi connectivity index (χ0) is 22.5. The van der Waals surface area contributed by atoms with Gasteiger partial charge >= 0.3 is 0 Å². The Hall–Kier alpha value is -2.90. The molecule has 1 atom stereocenters. The molecule has 0 radical (unpaired) electrons. The van der Waals surface area contributed by atoms with Gasteiger partial charge in [-0.3, -0.25) is 14.5 Å². The van der Waals surface area contributed by atoms with Crippen molar-refractivity contribution in [2.75, 3.05) is 24.5 Å². The fourth-order valence-corrected chi connectivity index (χ4v) is 4.19. The van der Waals surface area contributed by atoms with Crippen LogP contribution >= 0.6 is 0 Å². The van der Waals surface area contributed by atoms with Crippen LogP contribution in [0.1, 0.15) is 37.3 Å². The summed E-state index contributed by atoms with van der Waals surface area (Å²) in [7, 11) is 0. The number of ether oxygens (including phenoxy) is 1. The van der Waals surface area contributed by atoms with Crippen LogP contribution in [0.25, 0.3) is 0 Å². The Labute approximate surface area is 189 Å². The number of nitrogens with zero attached hydrogens (tertiary/aromatic N) is 2. The maximum atomic E-state index is 12.5. The average molecular weight is 438 g/mol. The largest absolute Gasteiger partial charge is 0.479 e. The number of aliphatic hydroxyl groups excluding tert-OH is 1. The van der Waals surface area contributed by atoms with Crippen molar-refractivity contribution >= 4 is 17.5 Å². The van der Waals surface area contributed by atoms with Crippen LogP contribution in [0.3, 0.4) is 0 Å². The molecule has 0 aliphatic carbocycles. The molecule has 2 aromatic carbocycles. The number of carbonyl (C=O) groups is 2. The van der Waals surface area contributed by atoms with E-state index in [1.165, 1.54) is 5.56 Å². The van der Waals surface area contributed by atoms with Crippen LogP contribution in [0.5, 0.6) is 5.75 Å². The number of piperidine rings is 1. The molecule has 1 saturated heterocycles. The van der Waals surface area contributed by atoms with Gasteiger partial charge in [0.1, 0.15) is 5.75 Å². The minimum Gasteiger partial charge on any atom is -0.479 e. The lowest BCUT2D eigenvalue weighted by molar-refractivity contribution is -0.125. The van der Waals surface area contributed by atoms with Gasteiger partial charge in [0.05, 0.1) is 11.8 Å². The van der Waals surface area contributed by atoms with Crippen LogP contribution in [-0.4, -0.2) is 53.7 Å². The summed E-state index contributed by atoms with van der Waals surface area (Å²) >= 11 is 0. The van der Waals surface area contributed by atoms with Crippen molar-refractivity contribution in [2.45, 2.75) is 51.5 Å². The van der Waals surface area contributed by atoms with Gasteiger partial charge < -0.3 is 20.1 Å². The molecule has 1 unspecified atom stereocenters. The third-order valence-electron chi connectivity index (χ3n) is 6.11. The first-order valence-corrected chi connectivity index (χ1v) is 11.3. The topological polar surface area (TPSA) is 82.1 Å². The molecule has 1 fully saturated rings. The number of rotatable bonds is 7. The van der Waals surface area contributed by atoms with Crippen LogP contribution in [0.15, 0.2) is 48.5 Å². The van der Waals surface area contributed by atoms with E-state index in [9.17, 15) is 14.7 Å². The van der Waals surface area contributed by atoms with Gasteiger partial charge in [0, 0.05) is 39.1 Å². The molecule has 0 aromatic heterocycles. The summed E-state index contributed by atoms with van der Waals surface area (Å²) in [6.07, 6.45) is 1.19. The lowest BCUT2D eigenvalue weighted by Gasteiger charge is -2.32. The molecular weight excluding hydrogens is 406 g/mol. The number of carbonyl (C=O) groups excluding carboxylic acids is 2. The summed E-state index contributed by atoms with van der Waals surface area (Å²) in [5.74, 6) is 0.446. The first-order chi connectivity index (χ1) is 15.5. The van der Waals surface area contributed by atoms with Crippen LogP contribution in [0.4, 0.5) is 5.69 Å². The fraction of sp³-hybridized carbons (Fsp3) is 0.440. The molecule has 7 nitrogen and oxygen atoms in total. The summed E-state index contributed by atoms with van der Waals surface area (Å²) in [6, 6.07) is 15.7. The SMILES string of the molecule is CC1Oc2ccccc2N(CCC(=O)NCc2ccc(CN3CCC(O)CC3)cc2)C1=O. The van der Waals surface area contributed by atoms with E-state index < -0.39 is 6.10 Å². The summed E-state index contributed by atoms with van der Waals surface area (Å²) in [5, 5.41) is 12.6. The second-order valence-corrected chi connectivity index (χ2v) is 8.57. The number of benzene rings is 2. The minimum absolute atomic E-state index is 0.0922. The van der Waals surface area contributed by atoms with E-state index in [1.54, 1.807) is 11.8 Å². The van der Waals surface area contributed by atoms with Crippen molar-refractivity contribution in [3.05, 3.63) is 59.7 Å². The molecule has 4 rings (SSSR count). The Bertz CT molecular complexity index is 938. The standard InChI is InChI=1S/C25H31N3O4/c1-18-25(31)28(22-4-2-3-5-23(22)32-18)15-12-24(30)26-16-19-6-8-20(9-7-19)17-27-13-10-21(29)11-14-27/h2-9,18,21,29H,10-17H2,1H3,(H,26,30). The van der Waals surface area contributed by atoms with E-state index in [2.05, 4.69) is 22.3 Å². The van der Waals surface area contributed by atoms with Crippen LogP contribution in [0.2, 0.25) is 0 Å². The Balaban J connectivity index is 1.24. The van der Waals surface area contributed by atoms with E-state index in [1.807, 2.05) is 36.4 Å². The highest BCUT2D eigenvalue weighted by atomic mass is 16.5. The lowest BCUT2D eigenvalue weighted by atomic mass is 10.1. The average Bonchev–Trinajstić information content (AvgIpc) is 2.80. The van der Waals surface area contributed by atoms with E-state index >= 15 is 0 Å². The van der Waals surface area contributed by atoms with Crippen molar-refractivity contribution in [2.24, 2.45) is 0 Å². The first kappa shape index (κ1) is 22.3. The minimum atomic E-state index is -0.554. The van der Waals surface area contributed by atoms with Gasteiger partial charge in [0.25, 0.3) is 5.91 Å². The van der Waals surface area contributed by atoms with Crippen LogP contribution in [0, 0.1) is 0 Å². The molecule has 2 aliphatic heterocycles. The fourth-order valence-electron chi connectivity index (χ4n) is 4.19. The quantitative estimate of drug-likeness (QED) is 0.696. The second-order valence-electron chi connectivity index (χ2n) is 8.57. The van der Waals surface area contributed by atoms with Gasteiger partial charge in [-0.1, -0.05) is 36.4 Å². The van der Waals surface area contributed by atoms with Crippen molar-refractivity contribution < 1.29 is 19.4 Å². The number of nitrogens with one attached hydrogen (secondary N) is 1. The Morgan fingerprint density at radius 3 is 2.53 bits per heavy atom. The number of fused-ring (bicyclic) bond motifs is 1. The predicted molar refractivity (Wildman–Crippen MR) is 122 cm³/mol. The van der Waals surface area contributed by atoms with E-state index in [4.69, 9.17) is 4.74 Å². The van der Waals surface area contributed by atoms with Gasteiger partial charge in [-0.25, -0.2) is 0 Å². The summed E-state index contributed by atoms with van der Waals surface area (Å²) < 4.78 is 5.64. The Morgan fingerprint density at radius 1 is 1.09 bits per heavy atom. The monoisotopic (exact) mass is 437 g/mol. The molecule has 0 spiro atoms. The van der Waals surface area contributed by atoms with Gasteiger partial charge in [0.15, 0.2) is 6.10 Å². The number of para-hydroxylation sites is 2. The van der Waals surface area contributed by atoms with Crippen LogP contribution < -0.4 is 15.0 Å². The van der Waals surface area contributed by atoms with Gasteiger partial charge in [0.2, 0.25) is 5.91 Å². The lowest BCUT2D eigenvalue weighted by Crippen LogP contribution is -2.45. The molecule has 2 N–H and O–H groups in total. The molecule has 7 heteroatoms. The van der Waals surface area contributed by atoms with Crippen molar-refractivity contribution in [3.8, 4) is 5.75 Å². The molecule has 170 valence electrons. The Kier molecular flexibility index (Phi) is 7.07. The molecule has 0 saturated carbocycles. The zero-order valence-electron chi connectivity index (χ0n) is 18.5. The third-order valence-corrected chi connectivity index (χ3v) is 6.11. The first-order valence-electron chi connectivity index (χ1n) is 11.3. The molecule has 2 amide bonds. The summed E-state index contributed by atoms with van der Waals surface area (Å²) in [5.41, 5.74) is 2.98. The highest BCUT2D eigenvalue weighted by molar-refractivity contribution is 6.00. The van der Waals surface area contributed by atoms with E-state index in [0.29, 0.717) is 24.5 Å². The molecule has 32 heavy (non-hydrogen) atoms. The number of hydrogen-bond acceptors (Lipinski definition) is 5. The maximum Gasteiger partial charge on any atom is 0.267 e. The van der Waals surface area contributed by atoms with Crippen molar-refractivity contribution in [1.29, 1.82) is 0 Å². The van der Waals surface area contributed by atoms with Gasteiger partial charge in [-0.15, -0.1) is 0 Å². The second kappa shape index (κ2) is 10.1. The molecule has 2 heterocycles. The van der Waals surface area contributed by atoms with Crippen molar-refractivity contribution in [3.63, 3.8) is 0 Å². The molecule has 2 aromatic rings. The third kappa shape index (κ3) is 5.47. The number of likely N-dealkylation sites (tertiary alicyclic amines) is 1. The molecule has 0 bridgehead atoms.